The Kier molecular flexibility index (Phi) is 6.86. The van der Waals surface area contributed by atoms with Crippen molar-refractivity contribution in [3.63, 3.8) is 0 Å². The van der Waals surface area contributed by atoms with Crippen LogP contribution in [0, 0.1) is 5.41 Å². The summed E-state index contributed by atoms with van der Waals surface area (Å²) < 4.78 is 10.8. The molecule has 5 nitrogen and oxygen atoms in total. The first kappa shape index (κ1) is 17.8. The maximum absolute atomic E-state index is 12.2. The van der Waals surface area contributed by atoms with Crippen LogP contribution in [0.3, 0.4) is 0 Å². The summed E-state index contributed by atoms with van der Waals surface area (Å²) in [4.78, 5) is 12.2. The van der Waals surface area contributed by atoms with Crippen molar-refractivity contribution in [1.29, 1.82) is 0 Å². The van der Waals surface area contributed by atoms with Gasteiger partial charge in [0.25, 0.3) is 0 Å². The van der Waals surface area contributed by atoms with Gasteiger partial charge in [-0.3, -0.25) is 4.79 Å². The van der Waals surface area contributed by atoms with Gasteiger partial charge in [0.05, 0.1) is 19.6 Å². The van der Waals surface area contributed by atoms with Gasteiger partial charge in [-0.2, -0.15) is 0 Å². The lowest BCUT2D eigenvalue weighted by Crippen LogP contribution is -2.47. The third-order valence-electron chi connectivity index (χ3n) is 4.37. The zero-order valence-corrected chi connectivity index (χ0v) is 14.2. The molecule has 1 fully saturated rings. The predicted molar refractivity (Wildman–Crippen MR) is 90.7 cm³/mol. The summed E-state index contributed by atoms with van der Waals surface area (Å²) in [5.74, 6) is 0.897. The number of piperidine rings is 1. The van der Waals surface area contributed by atoms with E-state index in [2.05, 4.69) is 10.6 Å². The van der Waals surface area contributed by atoms with Crippen LogP contribution in [0.15, 0.2) is 24.3 Å². The molecule has 23 heavy (non-hydrogen) atoms. The summed E-state index contributed by atoms with van der Waals surface area (Å²) in [7, 11) is 1.73. The molecule has 0 spiro atoms. The minimum atomic E-state index is 0.0585. The fourth-order valence-electron chi connectivity index (χ4n) is 3.04. The zero-order valence-electron chi connectivity index (χ0n) is 14.2. The number of hydrogen-bond acceptors (Lipinski definition) is 4. The zero-order chi connectivity index (χ0) is 16.5. The highest BCUT2D eigenvalue weighted by Gasteiger charge is 2.32. The molecule has 2 N–H and O–H groups in total. The summed E-state index contributed by atoms with van der Waals surface area (Å²) in [5.41, 5.74) is 1.06. The highest BCUT2D eigenvalue weighted by atomic mass is 16.5. The van der Waals surface area contributed by atoms with Crippen LogP contribution in [0.5, 0.6) is 5.75 Å². The first-order valence-corrected chi connectivity index (χ1v) is 8.35. The Morgan fingerprint density at radius 1 is 1.26 bits per heavy atom. The van der Waals surface area contributed by atoms with Gasteiger partial charge in [0.2, 0.25) is 5.91 Å². The van der Waals surface area contributed by atoms with E-state index >= 15 is 0 Å². The van der Waals surface area contributed by atoms with Crippen LogP contribution >= 0.6 is 0 Å². The van der Waals surface area contributed by atoms with Crippen molar-refractivity contribution >= 4 is 5.91 Å². The lowest BCUT2D eigenvalue weighted by Gasteiger charge is -2.37. The van der Waals surface area contributed by atoms with E-state index in [4.69, 9.17) is 9.47 Å². The Balaban J connectivity index is 1.83. The van der Waals surface area contributed by atoms with Crippen LogP contribution in [0.2, 0.25) is 0 Å². The van der Waals surface area contributed by atoms with Crippen molar-refractivity contribution in [2.45, 2.75) is 26.2 Å². The van der Waals surface area contributed by atoms with Crippen molar-refractivity contribution in [2.75, 3.05) is 40.0 Å². The van der Waals surface area contributed by atoms with Crippen LogP contribution in [0.4, 0.5) is 0 Å². The van der Waals surface area contributed by atoms with Crippen molar-refractivity contribution in [3.05, 3.63) is 29.8 Å². The number of rotatable bonds is 8. The molecule has 5 heteroatoms. The lowest BCUT2D eigenvalue weighted by molar-refractivity contribution is -0.121. The molecular weight excluding hydrogens is 292 g/mol. The van der Waals surface area contributed by atoms with Gasteiger partial charge in [-0.15, -0.1) is 0 Å². The molecule has 0 unspecified atom stereocenters. The fraction of sp³-hybridized carbons (Fsp3) is 0.611. The van der Waals surface area contributed by atoms with E-state index in [1.165, 1.54) is 0 Å². The molecule has 0 aliphatic carbocycles. The number of amides is 1. The largest absolute Gasteiger partial charge is 0.494 e. The molecule has 0 atom stereocenters. The summed E-state index contributed by atoms with van der Waals surface area (Å²) in [5, 5.41) is 6.45. The summed E-state index contributed by atoms with van der Waals surface area (Å²) in [6, 6.07) is 7.71. The second-order valence-corrected chi connectivity index (χ2v) is 6.21. The predicted octanol–water partition coefficient (Wildman–Crippen LogP) is 1.76. The van der Waals surface area contributed by atoms with E-state index < -0.39 is 0 Å². The Morgan fingerprint density at radius 3 is 2.57 bits per heavy atom. The van der Waals surface area contributed by atoms with Crippen LogP contribution < -0.4 is 15.4 Å². The molecule has 0 aromatic heterocycles. The van der Waals surface area contributed by atoms with Gasteiger partial charge in [0.15, 0.2) is 0 Å². The second kappa shape index (κ2) is 8.89. The van der Waals surface area contributed by atoms with Crippen molar-refractivity contribution in [3.8, 4) is 5.75 Å². The van der Waals surface area contributed by atoms with Gasteiger partial charge in [-0.25, -0.2) is 0 Å². The van der Waals surface area contributed by atoms with Crippen molar-refractivity contribution in [1.82, 2.24) is 10.6 Å². The minimum absolute atomic E-state index is 0.0585. The standard InChI is InChI=1S/C18H28N2O3/c1-3-23-16-6-4-15(5-7-16)12-17(21)20-13-18(14-22-2)8-10-19-11-9-18/h4-7,19H,3,8-14H2,1-2H3,(H,20,21). The average Bonchev–Trinajstić information content (AvgIpc) is 2.56. The first-order valence-electron chi connectivity index (χ1n) is 8.35. The maximum atomic E-state index is 12.2. The highest BCUT2D eigenvalue weighted by Crippen LogP contribution is 2.28. The van der Waals surface area contributed by atoms with E-state index in [-0.39, 0.29) is 11.3 Å². The van der Waals surface area contributed by atoms with Gasteiger partial charge in [0.1, 0.15) is 5.75 Å². The van der Waals surface area contributed by atoms with Gasteiger partial charge in [-0.05, 0) is 50.6 Å². The molecule has 1 aliphatic rings. The highest BCUT2D eigenvalue weighted by molar-refractivity contribution is 5.78. The van der Waals surface area contributed by atoms with Crippen LogP contribution in [-0.2, 0) is 16.0 Å². The molecule has 1 saturated heterocycles. The Morgan fingerprint density at radius 2 is 1.96 bits per heavy atom. The molecular formula is C18H28N2O3. The number of carbonyl (C=O) groups is 1. The second-order valence-electron chi connectivity index (χ2n) is 6.21. The van der Waals surface area contributed by atoms with E-state index in [0.717, 1.165) is 37.2 Å². The Labute approximate surface area is 138 Å². The fourth-order valence-corrected chi connectivity index (χ4v) is 3.04. The molecule has 1 aromatic rings. The third kappa shape index (κ3) is 5.52. The van der Waals surface area contributed by atoms with Crippen molar-refractivity contribution < 1.29 is 14.3 Å². The molecule has 1 amide bonds. The monoisotopic (exact) mass is 320 g/mol. The number of carbonyl (C=O) groups excluding carboxylic acids is 1. The normalized spacial score (nSPS) is 16.8. The van der Waals surface area contributed by atoms with E-state index in [0.29, 0.717) is 26.2 Å². The van der Waals surface area contributed by atoms with Crippen molar-refractivity contribution in [2.24, 2.45) is 5.41 Å². The number of benzene rings is 1. The third-order valence-corrected chi connectivity index (χ3v) is 4.37. The number of hydrogen-bond donors (Lipinski definition) is 2. The van der Waals surface area contributed by atoms with E-state index in [9.17, 15) is 4.79 Å². The summed E-state index contributed by atoms with van der Waals surface area (Å²) >= 11 is 0. The van der Waals surface area contributed by atoms with Crippen LogP contribution in [-0.4, -0.2) is 45.9 Å². The Bertz CT molecular complexity index is 476. The molecule has 1 aromatic carbocycles. The van der Waals surface area contributed by atoms with E-state index in [1.807, 2.05) is 31.2 Å². The SMILES string of the molecule is CCOc1ccc(CC(=O)NCC2(COC)CCNCC2)cc1. The summed E-state index contributed by atoms with van der Waals surface area (Å²) in [6.45, 7) is 5.95. The molecule has 2 rings (SSSR count). The quantitative estimate of drug-likeness (QED) is 0.766. The molecule has 0 bridgehead atoms. The summed E-state index contributed by atoms with van der Waals surface area (Å²) in [6.07, 6.45) is 2.46. The molecule has 0 saturated carbocycles. The topological polar surface area (TPSA) is 59.6 Å². The molecule has 1 aliphatic heterocycles. The Hall–Kier alpha value is -1.59. The van der Waals surface area contributed by atoms with Gasteiger partial charge >= 0.3 is 0 Å². The number of ether oxygens (including phenoxy) is 2. The van der Waals surface area contributed by atoms with E-state index in [1.54, 1.807) is 7.11 Å². The van der Waals surface area contributed by atoms with Gasteiger partial charge < -0.3 is 20.1 Å². The lowest BCUT2D eigenvalue weighted by atomic mass is 9.79. The molecule has 1 heterocycles. The minimum Gasteiger partial charge on any atom is -0.494 e. The van der Waals surface area contributed by atoms with Crippen LogP contribution in [0.25, 0.3) is 0 Å². The smallest absolute Gasteiger partial charge is 0.224 e. The number of methoxy groups -OCH3 is 1. The average molecular weight is 320 g/mol. The molecule has 0 radical (unpaired) electrons. The molecule has 128 valence electrons. The number of nitrogens with one attached hydrogen (secondary N) is 2. The van der Waals surface area contributed by atoms with Gasteiger partial charge in [0, 0.05) is 19.1 Å². The van der Waals surface area contributed by atoms with Crippen LogP contribution in [0.1, 0.15) is 25.3 Å². The van der Waals surface area contributed by atoms with Gasteiger partial charge in [-0.1, -0.05) is 12.1 Å². The first-order chi connectivity index (χ1) is 11.2. The maximum Gasteiger partial charge on any atom is 0.224 e.